The van der Waals surface area contributed by atoms with Crippen LogP contribution in [-0.4, -0.2) is 53.4 Å². The molecule has 1 aliphatic heterocycles. The van der Waals surface area contributed by atoms with Crippen molar-refractivity contribution in [3.05, 3.63) is 66.0 Å². The molecule has 3 rings (SSSR count). The number of benzene rings is 1. The number of hydrogen-bond acceptors (Lipinski definition) is 4. The van der Waals surface area contributed by atoms with Gasteiger partial charge in [-0.25, -0.2) is 0 Å². The highest BCUT2D eigenvalue weighted by Crippen LogP contribution is 2.21. The SMILES string of the molecule is CC(C)[C@@H](NC(=O)CN1CCN(Cc2ccccn2)CC1)c1ccccc1. The number of hydrogen-bond donors (Lipinski definition) is 1. The molecule has 5 heteroatoms. The van der Waals surface area contributed by atoms with E-state index in [1.165, 1.54) is 5.56 Å². The van der Waals surface area contributed by atoms with E-state index in [-0.39, 0.29) is 11.9 Å². The van der Waals surface area contributed by atoms with Crippen LogP contribution in [0.2, 0.25) is 0 Å². The third kappa shape index (κ3) is 5.88. The number of aromatic nitrogens is 1. The summed E-state index contributed by atoms with van der Waals surface area (Å²) in [4.78, 5) is 21.6. The number of piperazine rings is 1. The molecule has 0 spiro atoms. The lowest BCUT2D eigenvalue weighted by Gasteiger charge is -2.34. The Balaban J connectivity index is 1.46. The molecule has 144 valence electrons. The van der Waals surface area contributed by atoms with Gasteiger partial charge in [0.1, 0.15) is 0 Å². The minimum atomic E-state index is 0.0594. The van der Waals surface area contributed by atoms with Crippen molar-refractivity contribution in [2.24, 2.45) is 5.92 Å². The summed E-state index contributed by atoms with van der Waals surface area (Å²) in [5, 5.41) is 3.23. The Morgan fingerprint density at radius 2 is 1.67 bits per heavy atom. The van der Waals surface area contributed by atoms with Crippen molar-refractivity contribution < 1.29 is 4.79 Å². The predicted molar refractivity (Wildman–Crippen MR) is 108 cm³/mol. The van der Waals surface area contributed by atoms with Crippen molar-refractivity contribution in [2.45, 2.75) is 26.4 Å². The van der Waals surface area contributed by atoms with Crippen molar-refractivity contribution in [3.63, 3.8) is 0 Å². The normalized spacial score (nSPS) is 17.0. The number of pyridine rings is 1. The topological polar surface area (TPSA) is 48.5 Å². The molecule has 27 heavy (non-hydrogen) atoms. The van der Waals surface area contributed by atoms with Crippen LogP contribution in [0.5, 0.6) is 0 Å². The summed E-state index contributed by atoms with van der Waals surface area (Å²) in [5.74, 6) is 0.460. The lowest BCUT2D eigenvalue weighted by Crippen LogP contribution is -2.49. The molecule has 1 amide bonds. The van der Waals surface area contributed by atoms with Gasteiger partial charge in [0.25, 0.3) is 0 Å². The van der Waals surface area contributed by atoms with E-state index in [0.717, 1.165) is 38.4 Å². The number of nitrogens with zero attached hydrogens (tertiary/aromatic N) is 3. The van der Waals surface area contributed by atoms with Crippen molar-refractivity contribution in [1.82, 2.24) is 20.1 Å². The average molecular weight is 367 g/mol. The van der Waals surface area contributed by atoms with Gasteiger partial charge in [0, 0.05) is 38.9 Å². The van der Waals surface area contributed by atoms with Gasteiger partial charge >= 0.3 is 0 Å². The van der Waals surface area contributed by atoms with E-state index < -0.39 is 0 Å². The van der Waals surface area contributed by atoms with E-state index in [1.54, 1.807) is 0 Å². The van der Waals surface area contributed by atoms with Crippen LogP contribution in [0, 0.1) is 5.92 Å². The Labute approximate surface area is 162 Å². The Morgan fingerprint density at radius 3 is 2.30 bits per heavy atom. The van der Waals surface area contributed by atoms with E-state index in [0.29, 0.717) is 12.5 Å². The second-order valence-electron chi connectivity index (χ2n) is 7.57. The van der Waals surface area contributed by atoms with E-state index in [4.69, 9.17) is 0 Å². The fourth-order valence-corrected chi connectivity index (χ4v) is 3.54. The fourth-order valence-electron chi connectivity index (χ4n) is 3.54. The van der Waals surface area contributed by atoms with Crippen LogP contribution in [0.1, 0.15) is 31.1 Å². The molecule has 0 bridgehead atoms. The lowest BCUT2D eigenvalue weighted by molar-refractivity contribution is -0.123. The predicted octanol–water partition coefficient (Wildman–Crippen LogP) is 2.71. The van der Waals surface area contributed by atoms with E-state index >= 15 is 0 Å². The molecule has 1 fully saturated rings. The maximum Gasteiger partial charge on any atom is 0.234 e. The van der Waals surface area contributed by atoms with Gasteiger partial charge in [0.2, 0.25) is 5.91 Å². The summed E-state index contributed by atoms with van der Waals surface area (Å²) in [6.45, 7) is 9.41. The molecule has 1 saturated heterocycles. The summed E-state index contributed by atoms with van der Waals surface area (Å²) in [7, 11) is 0. The molecule has 2 aromatic rings. The quantitative estimate of drug-likeness (QED) is 0.819. The first kappa shape index (κ1) is 19.5. The Morgan fingerprint density at radius 1 is 1.00 bits per heavy atom. The monoisotopic (exact) mass is 366 g/mol. The average Bonchev–Trinajstić information content (AvgIpc) is 2.69. The molecule has 0 radical (unpaired) electrons. The summed E-state index contributed by atoms with van der Waals surface area (Å²) in [6.07, 6.45) is 1.84. The Hall–Kier alpha value is -2.24. The van der Waals surface area contributed by atoms with Gasteiger partial charge in [-0.15, -0.1) is 0 Å². The molecule has 0 aliphatic carbocycles. The summed E-state index contributed by atoms with van der Waals surface area (Å²) < 4.78 is 0. The van der Waals surface area contributed by atoms with Crippen LogP contribution >= 0.6 is 0 Å². The molecule has 5 nitrogen and oxygen atoms in total. The van der Waals surface area contributed by atoms with Gasteiger partial charge in [-0.1, -0.05) is 50.2 Å². The van der Waals surface area contributed by atoms with Gasteiger partial charge in [0.15, 0.2) is 0 Å². The molecule has 1 N–H and O–H groups in total. The van der Waals surface area contributed by atoms with Crippen LogP contribution in [0.25, 0.3) is 0 Å². The molecule has 1 aromatic heterocycles. The molecule has 0 unspecified atom stereocenters. The number of carbonyl (C=O) groups is 1. The van der Waals surface area contributed by atoms with E-state index in [2.05, 4.69) is 52.1 Å². The first-order valence-corrected chi connectivity index (χ1v) is 9.81. The highest BCUT2D eigenvalue weighted by molar-refractivity contribution is 5.78. The van der Waals surface area contributed by atoms with Crippen molar-refractivity contribution >= 4 is 5.91 Å². The molecule has 1 aliphatic rings. The first-order chi connectivity index (χ1) is 13.1. The highest BCUT2D eigenvalue weighted by Gasteiger charge is 2.22. The molecule has 1 atom stereocenters. The Kier molecular flexibility index (Phi) is 6.96. The zero-order valence-electron chi connectivity index (χ0n) is 16.3. The van der Waals surface area contributed by atoms with E-state index in [9.17, 15) is 4.79 Å². The number of rotatable bonds is 7. The molecule has 0 saturated carbocycles. The highest BCUT2D eigenvalue weighted by atomic mass is 16.2. The minimum Gasteiger partial charge on any atom is -0.348 e. The number of amides is 1. The first-order valence-electron chi connectivity index (χ1n) is 9.81. The third-order valence-electron chi connectivity index (χ3n) is 5.09. The van der Waals surface area contributed by atoms with Gasteiger partial charge < -0.3 is 5.32 Å². The van der Waals surface area contributed by atoms with Crippen molar-refractivity contribution in [1.29, 1.82) is 0 Å². The zero-order chi connectivity index (χ0) is 19.1. The second-order valence-corrected chi connectivity index (χ2v) is 7.57. The van der Waals surface area contributed by atoms with Crippen LogP contribution < -0.4 is 5.32 Å². The molecular weight excluding hydrogens is 336 g/mol. The zero-order valence-corrected chi connectivity index (χ0v) is 16.3. The third-order valence-corrected chi connectivity index (χ3v) is 5.09. The summed E-state index contributed by atoms with van der Waals surface area (Å²) >= 11 is 0. The van der Waals surface area contributed by atoms with Crippen LogP contribution in [0.4, 0.5) is 0 Å². The molecule has 1 aromatic carbocycles. The number of carbonyl (C=O) groups excluding carboxylic acids is 1. The number of nitrogens with one attached hydrogen (secondary N) is 1. The van der Waals surface area contributed by atoms with Crippen molar-refractivity contribution in [2.75, 3.05) is 32.7 Å². The lowest BCUT2D eigenvalue weighted by atomic mass is 9.96. The van der Waals surface area contributed by atoms with Gasteiger partial charge in [0.05, 0.1) is 18.3 Å². The fraction of sp³-hybridized carbons (Fsp3) is 0.455. The van der Waals surface area contributed by atoms with Gasteiger partial charge in [-0.05, 0) is 23.6 Å². The van der Waals surface area contributed by atoms with Gasteiger partial charge in [-0.3, -0.25) is 19.6 Å². The minimum absolute atomic E-state index is 0.0594. The Bertz CT molecular complexity index is 697. The van der Waals surface area contributed by atoms with Crippen LogP contribution in [0.3, 0.4) is 0 Å². The van der Waals surface area contributed by atoms with E-state index in [1.807, 2.05) is 36.5 Å². The molecule has 2 heterocycles. The largest absolute Gasteiger partial charge is 0.348 e. The second kappa shape index (κ2) is 9.62. The smallest absolute Gasteiger partial charge is 0.234 e. The maximum atomic E-state index is 12.6. The molecular formula is C22H30N4O. The van der Waals surface area contributed by atoms with Crippen molar-refractivity contribution in [3.8, 4) is 0 Å². The summed E-state index contributed by atoms with van der Waals surface area (Å²) in [6, 6.07) is 16.3. The van der Waals surface area contributed by atoms with Crippen LogP contribution in [-0.2, 0) is 11.3 Å². The van der Waals surface area contributed by atoms with Gasteiger partial charge in [-0.2, -0.15) is 0 Å². The standard InChI is InChI=1S/C22H30N4O/c1-18(2)22(19-8-4-3-5-9-19)24-21(27)17-26-14-12-25(13-15-26)16-20-10-6-7-11-23-20/h3-11,18,22H,12-17H2,1-2H3,(H,24,27)/t22-/m1/s1. The maximum absolute atomic E-state index is 12.6. The van der Waals surface area contributed by atoms with Crippen LogP contribution in [0.15, 0.2) is 54.7 Å². The summed E-state index contributed by atoms with van der Waals surface area (Å²) in [5.41, 5.74) is 2.27.